The van der Waals surface area contributed by atoms with Gasteiger partial charge in [0.05, 0.1) is 6.61 Å². The average molecular weight is 233 g/mol. The van der Waals surface area contributed by atoms with Gasteiger partial charge in [-0.15, -0.1) is 0 Å². The van der Waals surface area contributed by atoms with Gasteiger partial charge < -0.3 is 15.2 Å². The lowest BCUT2D eigenvalue weighted by Gasteiger charge is -2.28. The molecule has 0 spiro atoms. The molecule has 2 heterocycles. The first-order valence-corrected chi connectivity index (χ1v) is 6.43. The van der Waals surface area contributed by atoms with Crippen LogP contribution in [0.2, 0.25) is 0 Å². The van der Waals surface area contributed by atoms with Crippen molar-refractivity contribution in [2.75, 3.05) is 19.8 Å². The van der Waals surface area contributed by atoms with Crippen LogP contribution in [0, 0.1) is 5.92 Å². The fourth-order valence-corrected chi connectivity index (χ4v) is 2.76. The minimum absolute atomic E-state index is 0.143. The van der Waals surface area contributed by atoms with E-state index in [2.05, 4.69) is 18.2 Å². The van der Waals surface area contributed by atoms with Crippen molar-refractivity contribution < 1.29 is 9.47 Å². The molecule has 1 aromatic carbocycles. The van der Waals surface area contributed by atoms with Crippen molar-refractivity contribution in [1.82, 2.24) is 0 Å². The normalized spacial score (nSPS) is 21.9. The maximum absolute atomic E-state index is 6.37. The second-order valence-corrected chi connectivity index (χ2v) is 4.94. The highest BCUT2D eigenvalue weighted by Gasteiger charge is 2.23. The van der Waals surface area contributed by atoms with E-state index in [1.54, 1.807) is 0 Å². The van der Waals surface area contributed by atoms with E-state index in [4.69, 9.17) is 15.2 Å². The topological polar surface area (TPSA) is 44.5 Å². The summed E-state index contributed by atoms with van der Waals surface area (Å²) in [5.74, 6) is 1.59. The van der Waals surface area contributed by atoms with Crippen molar-refractivity contribution in [2.45, 2.75) is 25.3 Å². The van der Waals surface area contributed by atoms with Crippen molar-refractivity contribution in [1.29, 1.82) is 0 Å². The van der Waals surface area contributed by atoms with Crippen LogP contribution in [0.5, 0.6) is 5.75 Å². The standard InChI is InChI=1S/C14H19NO2/c15-14(10-3-6-16-7-4-10)12-1-2-13-11(9-12)5-8-17-13/h1-2,9-10,14H,3-8,15H2. The minimum Gasteiger partial charge on any atom is -0.493 e. The predicted octanol–water partition coefficient (Wildman–Crippen LogP) is 2.05. The maximum atomic E-state index is 6.37. The summed E-state index contributed by atoms with van der Waals surface area (Å²) >= 11 is 0. The molecule has 1 atom stereocenters. The summed E-state index contributed by atoms with van der Waals surface area (Å²) in [5.41, 5.74) is 8.93. The molecule has 17 heavy (non-hydrogen) atoms. The minimum atomic E-state index is 0.143. The smallest absolute Gasteiger partial charge is 0.122 e. The Bertz CT molecular complexity index is 399. The summed E-state index contributed by atoms with van der Waals surface area (Å²) in [6, 6.07) is 6.55. The van der Waals surface area contributed by atoms with Gasteiger partial charge >= 0.3 is 0 Å². The Morgan fingerprint density at radius 2 is 2.00 bits per heavy atom. The Morgan fingerprint density at radius 3 is 2.82 bits per heavy atom. The van der Waals surface area contributed by atoms with Crippen LogP contribution >= 0.6 is 0 Å². The fraction of sp³-hybridized carbons (Fsp3) is 0.571. The molecule has 2 aliphatic rings. The lowest BCUT2D eigenvalue weighted by atomic mass is 9.87. The molecular weight excluding hydrogens is 214 g/mol. The summed E-state index contributed by atoms with van der Waals surface area (Å²) < 4.78 is 10.9. The van der Waals surface area contributed by atoms with Crippen LogP contribution in [0.25, 0.3) is 0 Å². The molecule has 0 amide bonds. The molecule has 2 N–H and O–H groups in total. The molecule has 1 aromatic rings. The zero-order valence-electron chi connectivity index (χ0n) is 10.0. The van der Waals surface area contributed by atoms with Crippen LogP contribution in [0.3, 0.4) is 0 Å². The molecule has 1 unspecified atom stereocenters. The van der Waals surface area contributed by atoms with Gasteiger partial charge in [0.15, 0.2) is 0 Å². The van der Waals surface area contributed by atoms with E-state index in [0.717, 1.165) is 44.8 Å². The SMILES string of the molecule is NC(c1ccc2c(c1)CCO2)C1CCOCC1. The van der Waals surface area contributed by atoms with Crippen LogP contribution in [0.15, 0.2) is 18.2 Å². The summed E-state index contributed by atoms with van der Waals surface area (Å²) in [4.78, 5) is 0. The van der Waals surface area contributed by atoms with E-state index in [1.165, 1.54) is 11.1 Å². The van der Waals surface area contributed by atoms with E-state index in [-0.39, 0.29) is 6.04 Å². The van der Waals surface area contributed by atoms with E-state index in [0.29, 0.717) is 5.92 Å². The molecule has 3 rings (SSSR count). The summed E-state index contributed by atoms with van der Waals surface area (Å²) in [6.07, 6.45) is 3.17. The third-order valence-electron chi connectivity index (χ3n) is 3.87. The third kappa shape index (κ3) is 2.17. The van der Waals surface area contributed by atoms with Gasteiger partial charge in [0.2, 0.25) is 0 Å². The highest BCUT2D eigenvalue weighted by Crippen LogP contribution is 2.32. The predicted molar refractivity (Wildman–Crippen MR) is 66.1 cm³/mol. The fourth-order valence-electron chi connectivity index (χ4n) is 2.76. The monoisotopic (exact) mass is 233 g/mol. The Labute approximate surface area is 102 Å². The van der Waals surface area contributed by atoms with Gasteiger partial charge in [0, 0.05) is 25.7 Å². The largest absolute Gasteiger partial charge is 0.493 e. The molecule has 0 radical (unpaired) electrons. The first kappa shape index (κ1) is 11.1. The number of rotatable bonds is 2. The zero-order valence-corrected chi connectivity index (χ0v) is 10.0. The van der Waals surface area contributed by atoms with E-state index < -0.39 is 0 Å². The van der Waals surface area contributed by atoms with Crippen LogP contribution in [-0.2, 0) is 11.2 Å². The molecule has 3 nitrogen and oxygen atoms in total. The highest BCUT2D eigenvalue weighted by molar-refractivity contribution is 5.40. The maximum Gasteiger partial charge on any atom is 0.122 e. The molecule has 0 bridgehead atoms. The third-order valence-corrected chi connectivity index (χ3v) is 3.87. The van der Waals surface area contributed by atoms with Gasteiger partial charge in [-0.05, 0) is 36.0 Å². The van der Waals surface area contributed by atoms with Crippen molar-refractivity contribution in [3.63, 3.8) is 0 Å². The number of fused-ring (bicyclic) bond motifs is 1. The quantitative estimate of drug-likeness (QED) is 0.850. The molecule has 3 heteroatoms. The Hall–Kier alpha value is -1.06. The van der Waals surface area contributed by atoms with Crippen LogP contribution in [-0.4, -0.2) is 19.8 Å². The number of benzene rings is 1. The molecule has 1 saturated heterocycles. The van der Waals surface area contributed by atoms with Gasteiger partial charge in [-0.1, -0.05) is 12.1 Å². The van der Waals surface area contributed by atoms with Gasteiger partial charge in [-0.3, -0.25) is 0 Å². The second-order valence-electron chi connectivity index (χ2n) is 4.94. The highest BCUT2D eigenvalue weighted by atomic mass is 16.5. The molecule has 0 aromatic heterocycles. The molecule has 0 saturated carbocycles. The Morgan fingerprint density at radius 1 is 1.18 bits per heavy atom. The van der Waals surface area contributed by atoms with Crippen LogP contribution in [0.4, 0.5) is 0 Å². The molecular formula is C14H19NO2. The van der Waals surface area contributed by atoms with Gasteiger partial charge in [-0.25, -0.2) is 0 Å². The first-order valence-electron chi connectivity index (χ1n) is 6.43. The van der Waals surface area contributed by atoms with Gasteiger partial charge in [-0.2, -0.15) is 0 Å². The number of hydrogen-bond acceptors (Lipinski definition) is 3. The summed E-state index contributed by atoms with van der Waals surface area (Å²) in [5, 5.41) is 0. The van der Waals surface area contributed by atoms with E-state index >= 15 is 0 Å². The Balaban J connectivity index is 1.78. The van der Waals surface area contributed by atoms with Crippen molar-refractivity contribution in [3.8, 4) is 5.75 Å². The lowest BCUT2D eigenvalue weighted by Crippen LogP contribution is -2.27. The molecule has 1 fully saturated rings. The average Bonchev–Trinajstić information content (AvgIpc) is 2.86. The second kappa shape index (κ2) is 4.67. The summed E-state index contributed by atoms with van der Waals surface area (Å²) in [6.45, 7) is 2.52. The first-order chi connectivity index (χ1) is 8.34. The molecule has 0 aliphatic carbocycles. The molecule has 2 aliphatic heterocycles. The van der Waals surface area contributed by atoms with Crippen LogP contribution in [0.1, 0.15) is 30.0 Å². The number of nitrogens with two attached hydrogens (primary N) is 1. The zero-order chi connectivity index (χ0) is 11.7. The number of ether oxygens (including phenoxy) is 2. The van der Waals surface area contributed by atoms with Crippen LogP contribution < -0.4 is 10.5 Å². The number of hydrogen-bond donors (Lipinski definition) is 1. The van der Waals surface area contributed by atoms with Crippen molar-refractivity contribution in [3.05, 3.63) is 29.3 Å². The van der Waals surface area contributed by atoms with E-state index in [1.807, 2.05) is 0 Å². The lowest BCUT2D eigenvalue weighted by molar-refractivity contribution is 0.0584. The van der Waals surface area contributed by atoms with Gasteiger partial charge in [0.25, 0.3) is 0 Å². The summed E-state index contributed by atoms with van der Waals surface area (Å²) in [7, 11) is 0. The van der Waals surface area contributed by atoms with Crippen molar-refractivity contribution in [2.24, 2.45) is 11.7 Å². The van der Waals surface area contributed by atoms with E-state index in [9.17, 15) is 0 Å². The molecule has 92 valence electrons. The van der Waals surface area contributed by atoms with Crippen molar-refractivity contribution >= 4 is 0 Å². The van der Waals surface area contributed by atoms with Gasteiger partial charge in [0.1, 0.15) is 5.75 Å². The Kier molecular flexibility index (Phi) is 3.04.